The number of hydrogen-bond donors (Lipinski definition) is 1. The number of nitrogens with zero attached hydrogens (tertiary/aromatic N) is 3. The van der Waals surface area contributed by atoms with E-state index in [1.165, 1.54) is 0 Å². The smallest absolute Gasteiger partial charge is 0.0830 e. The van der Waals surface area contributed by atoms with E-state index in [9.17, 15) is 0 Å². The van der Waals surface area contributed by atoms with Gasteiger partial charge in [-0.15, -0.1) is 0 Å². The Morgan fingerprint density at radius 1 is 1.13 bits per heavy atom. The molecule has 0 fully saturated rings. The highest BCUT2D eigenvalue weighted by Crippen LogP contribution is 2.01. The molecule has 0 atom stereocenters. The molecule has 0 spiro atoms. The standard InChI is InChI=1S/C11H10N4/c1-2-7-13-10(4-1)9-14-15-11-5-3-6-12-8-11/h1-9,15H/b14-9+. The van der Waals surface area contributed by atoms with Gasteiger partial charge in [0.05, 0.1) is 23.8 Å². The molecule has 0 aliphatic heterocycles. The molecule has 0 aliphatic carbocycles. The summed E-state index contributed by atoms with van der Waals surface area (Å²) in [5.41, 5.74) is 4.53. The van der Waals surface area contributed by atoms with Gasteiger partial charge in [0.1, 0.15) is 0 Å². The normalized spacial score (nSPS) is 10.4. The van der Waals surface area contributed by atoms with Crippen LogP contribution in [0.5, 0.6) is 0 Å². The van der Waals surface area contributed by atoms with E-state index in [0.29, 0.717) is 0 Å². The van der Waals surface area contributed by atoms with Gasteiger partial charge < -0.3 is 0 Å². The maximum absolute atomic E-state index is 4.10. The zero-order valence-electron chi connectivity index (χ0n) is 8.04. The highest BCUT2D eigenvalue weighted by Gasteiger charge is 1.87. The van der Waals surface area contributed by atoms with Crippen molar-refractivity contribution in [1.82, 2.24) is 9.97 Å². The molecule has 2 aromatic heterocycles. The maximum Gasteiger partial charge on any atom is 0.0830 e. The second-order valence-corrected chi connectivity index (χ2v) is 2.87. The third kappa shape index (κ3) is 2.87. The number of nitrogens with one attached hydrogen (secondary N) is 1. The van der Waals surface area contributed by atoms with Crippen molar-refractivity contribution in [3.63, 3.8) is 0 Å². The lowest BCUT2D eigenvalue weighted by atomic mass is 10.4. The van der Waals surface area contributed by atoms with Crippen LogP contribution in [-0.4, -0.2) is 16.2 Å². The second-order valence-electron chi connectivity index (χ2n) is 2.87. The first-order valence-corrected chi connectivity index (χ1v) is 4.55. The molecule has 0 aliphatic rings. The van der Waals surface area contributed by atoms with Crippen LogP contribution in [0.15, 0.2) is 54.0 Å². The molecule has 15 heavy (non-hydrogen) atoms. The van der Waals surface area contributed by atoms with E-state index in [2.05, 4.69) is 20.5 Å². The van der Waals surface area contributed by atoms with Crippen molar-refractivity contribution in [3.8, 4) is 0 Å². The average Bonchev–Trinajstić information content (AvgIpc) is 2.32. The van der Waals surface area contributed by atoms with Gasteiger partial charge in [0.15, 0.2) is 0 Å². The van der Waals surface area contributed by atoms with Gasteiger partial charge in [-0.25, -0.2) is 0 Å². The van der Waals surface area contributed by atoms with E-state index >= 15 is 0 Å². The fourth-order valence-electron chi connectivity index (χ4n) is 1.05. The summed E-state index contributed by atoms with van der Waals surface area (Å²) in [5.74, 6) is 0. The van der Waals surface area contributed by atoms with Crippen LogP contribution in [-0.2, 0) is 0 Å². The summed E-state index contributed by atoms with van der Waals surface area (Å²) in [6, 6.07) is 9.40. The molecular formula is C11H10N4. The summed E-state index contributed by atoms with van der Waals surface area (Å²) in [7, 11) is 0. The van der Waals surface area contributed by atoms with Crippen LogP contribution in [0.3, 0.4) is 0 Å². The van der Waals surface area contributed by atoms with Crippen LogP contribution in [0.25, 0.3) is 0 Å². The van der Waals surface area contributed by atoms with E-state index in [4.69, 9.17) is 0 Å². The summed E-state index contributed by atoms with van der Waals surface area (Å²) in [5, 5.41) is 4.03. The highest BCUT2D eigenvalue weighted by atomic mass is 15.3. The molecule has 0 saturated heterocycles. The van der Waals surface area contributed by atoms with Gasteiger partial charge in [0, 0.05) is 12.4 Å². The first-order chi connectivity index (χ1) is 7.45. The van der Waals surface area contributed by atoms with Crippen molar-refractivity contribution in [2.24, 2.45) is 5.10 Å². The number of hydrazone groups is 1. The summed E-state index contributed by atoms with van der Waals surface area (Å²) < 4.78 is 0. The minimum absolute atomic E-state index is 0.814. The van der Waals surface area contributed by atoms with Gasteiger partial charge >= 0.3 is 0 Å². The lowest BCUT2D eigenvalue weighted by molar-refractivity contribution is 1.25. The molecule has 74 valence electrons. The molecule has 4 nitrogen and oxygen atoms in total. The average molecular weight is 198 g/mol. The van der Waals surface area contributed by atoms with Crippen LogP contribution < -0.4 is 5.43 Å². The number of rotatable bonds is 3. The van der Waals surface area contributed by atoms with Crippen LogP contribution in [0.2, 0.25) is 0 Å². The molecule has 0 radical (unpaired) electrons. The van der Waals surface area contributed by atoms with E-state index < -0.39 is 0 Å². The molecular weight excluding hydrogens is 188 g/mol. The van der Waals surface area contributed by atoms with Crippen molar-refractivity contribution in [2.75, 3.05) is 5.43 Å². The molecule has 2 heterocycles. The fourth-order valence-corrected chi connectivity index (χ4v) is 1.05. The number of aromatic nitrogens is 2. The first-order valence-electron chi connectivity index (χ1n) is 4.55. The Hall–Kier alpha value is -2.23. The van der Waals surface area contributed by atoms with E-state index in [1.807, 2.05) is 30.3 Å². The maximum atomic E-state index is 4.10. The largest absolute Gasteiger partial charge is 0.277 e. The predicted molar refractivity (Wildman–Crippen MR) is 59.7 cm³/mol. The monoisotopic (exact) mass is 198 g/mol. The van der Waals surface area contributed by atoms with Gasteiger partial charge in [0.2, 0.25) is 0 Å². The number of anilines is 1. The van der Waals surface area contributed by atoms with E-state index in [-0.39, 0.29) is 0 Å². The van der Waals surface area contributed by atoms with Crippen molar-refractivity contribution in [3.05, 3.63) is 54.6 Å². The van der Waals surface area contributed by atoms with Gasteiger partial charge in [-0.1, -0.05) is 6.07 Å². The van der Waals surface area contributed by atoms with Crippen LogP contribution in [0.4, 0.5) is 5.69 Å². The Morgan fingerprint density at radius 2 is 2.13 bits per heavy atom. The lowest BCUT2D eigenvalue weighted by Gasteiger charge is -1.97. The minimum atomic E-state index is 0.814. The zero-order valence-corrected chi connectivity index (χ0v) is 8.04. The third-order valence-electron chi connectivity index (χ3n) is 1.74. The van der Waals surface area contributed by atoms with Gasteiger partial charge in [-0.05, 0) is 24.3 Å². The Labute approximate surface area is 87.7 Å². The van der Waals surface area contributed by atoms with E-state index in [0.717, 1.165) is 11.4 Å². The van der Waals surface area contributed by atoms with Crippen molar-refractivity contribution in [2.45, 2.75) is 0 Å². The molecule has 4 heteroatoms. The molecule has 0 bridgehead atoms. The molecule has 0 saturated carbocycles. The lowest BCUT2D eigenvalue weighted by Crippen LogP contribution is -1.92. The predicted octanol–water partition coefficient (Wildman–Crippen LogP) is 1.92. The summed E-state index contributed by atoms with van der Waals surface area (Å²) in [4.78, 5) is 8.06. The van der Waals surface area contributed by atoms with Crippen LogP contribution >= 0.6 is 0 Å². The van der Waals surface area contributed by atoms with Crippen LogP contribution in [0.1, 0.15) is 5.69 Å². The van der Waals surface area contributed by atoms with Gasteiger partial charge in [-0.2, -0.15) is 5.10 Å². The second kappa shape index (κ2) is 4.85. The molecule has 0 aromatic carbocycles. The Kier molecular flexibility index (Phi) is 3.02. The van der Waals surface area contributed by atoms with Gasteiger partial charge in [-0.3, -0.25) is 15.4 Å². The molecule has 2 rings (SSSR count). The summed E-state index contributed by atoms with van der Waals surface area (Å²) in [6.07, 6.45) is 6.81. The minimum Gasteiger partial charge on any atom is -0.277 e. The summed E-state index contributed by atoms with van der Waals surface area (Å²) >= 11 is 0. The number of pyridine rings is 2. The Balaban J connectivity index is 1.97. The van der Waals surface area contributed by atoms with Crippen molar-refractivity contribution >= 4 is 11.9 Å². The topological polar surface area (TPSA) is 50.2 Å². The quantitative estimate of drug-likeness (QED) is 0.605. The Morgan fingerprint density at radius 3 is 2.87 bits per heavy atom. The molecule has 1 N–H and O–H groups in total. The fraction of sp³-hybridized carbons (Fsp3) is 0. The first kappa shape index (κ1) is 9.33. The van der Waals surface area contributed by atoms with E-state index in [1.54, 1.807) is 24.8 Å². The van der Waals surface area contributed by atoms with Crippen LogP contribution in [0, 0.1) is 0 Å². The zero-order chi connectivity index (χ0) is 10.3. The third-order valence-corrected chi connectivity index (χ3v) is 1.74. The number of hydrogen-bond acceptors (Lipinski definition) is 4. The molecule has 0 unspecified atom stereocenters. The van der Waals surface area contributed by atoms with Crippen molar-refractivity contribution in [1.29, 1.82) is 0 Å². The molecule has 2 aromatic rings. The summed E-state index contributed by atoms with van der Waals surface area (Å²) in [6.45, 7) is 0. The Bertz CT molecular complexity index is 425. The van der Waals surface area contributed by atoms with Gasteiger partial charge in [0.25, 0.3) is 0 Å². The highest BCUT2D eigenvalue weighted by molar-refractivity contribution is 5.77. The van der Waals surface area contributed by atoms with Crippen molar-refractivity contribution < 1.29 is 0 Å². The SMILES string of the molecule is C(=N\Nc1cccnc1)/c1ccccn1. The molecule has 0 amide bonds.